The molecule has 3 amide bonds. The Labute approximate surface area is 112 Å². The molecule has 2 heterocycles. The van der Waals surface area contributed by atoms with Gasteiger partial charge >= 0.3 is 0 Å². The molecular formula is C13H20N2O4. The summed E-state index contributed by atoms with van der Waals surface area (Å²) in [6.45, 7) is 2.91. The summed E-state index contributed by atoms with van der Waals surface area (Å²) in [5, 5.41) is 2.33. The van der Waals surface area contributed by atoms with Crippen LogP contribution in [0.4, 0.5) is 0 Å². The number of carbonyl (C=O) groups excluding carboxylic acids is 3. The van der Waals surface area contributed by atoms with Crippen molar-refractivity contribution in [3.63, 3.8) is 0 Å². The van der Waals surface area contributed by atoms with Crippen molar-refractivity contribution in [2.45, 2.75) is 38.7 Å². The van der Waals surface area contributed by atoms with Crippen LogP contribution in [0.1, 0.15) is 32.6 Å². The Balaban J connectivity index is 1.97. The van der Waals surface area contributed by atoms with E-state index < -0.39 is 6.10 Å². The highest BCUT2D eigenvalue weighted by Gasteiger charge is 2.42. The Morgan fingerprint density at radius 1 is 1.26 bits per heavy atom. The maximum Gasteiger partial charge on any atom is 0.251 e. The first-order chi connectivity index (χ1) is 8.96. The van der Waals surface area contributed by atoms with Crippen LogP contribution in [0.3, 0.4) is 0 Å². The zero-order valence-corrected chi connectivity index (χ0v) is 11.4. The van der Waals surface area contributed by atoms with E-state index in [0.717, 1.165) is 0 Å². The van der Waals surface area contributed by atoms with Crippen LogP contribution in [0.15, 0.2) is 0 Å². The molecule has 1 atom stereocenters. The molecule has 0 aliphatic carbocycles. The van der Waals surface area contributed by atoms with E-state index in [9.17, 15) is 14.4 Å². The second-order valence-electron chi connectivity index (χ2n) is 5.53. The van der Waals surface area contributed by atoms with Gasteiger partial charge in [-0.05, 0) is 25.2 Å². The summed E-state index contributed by atoms with van der Waals surface area (Å²) in [5.74, 6) is -0.411. The minimum Gasteiger partial charge on any atom is -0.372 e. The van der Waals surface area contributed by atoms with Gasteiger partial charge in [-0.15, -0.1) is 0 Å². The molecule has 106 valence electrons. The summed E-state index contributed by atoms with van der Waals surface area (Å²) in [7, 11) is 1.51. The number of imide groups is 1. The topological polar surface area (TPSA) is 75.7 Å². The summed E-state index contributed by atoms with van der Waals surface area (Å²) in [6.07, 6.45) is 1.74. The fraction of sp³-hybridized carbons (Fsp3) is 0.769. The van der Waals surface area contributed by atoms with Crippen LogP contribution in [0, 0.1) is 5.41 Å². The Kier molecular flexibility index (Phi) is 3.89. The highest BCUT2D eigenvalue weighted by atomic mass is 16.5. The fourth-order valence-electron chi connectivity index (χ4n) is 2.90. The first-order valence-corrected chi connectivity index (χ1v) is 6.60. The molecule has 0 unspecified atom stereocenters. The molecule has 1 N–H and O–H groups in total. The van der Waals surface area contributed by atoms with Crippen LogP contribution < -0.4 is 5.32 Å². The molecular weight excluding hydrogens is 248 g/mol. The monoisotopic (exact) mass is 268 g/mol. The van der Waals surface area contributed by atoms with Crippen LogP contribution in [-0.2, 0) is 19.1 Å². The summed E-state index contributed by atoms with van der Waals surface area (Å²) in [5.41, 5.74) is -0.244. The van der Waals surface area contributed by atoms with Crippen molar-refractivity contribution in [2.75, 3.05) is 20.2 Å². The third kappa shape index (κ3) is 2.94. The van der Waals surface area contributed by atoms with Crippen LogP contribution in [0.2, 0.25) is 0 Å². The van der Waals surface area contributed by atoms with Gasteiger partial charge in [0.1, 0.15) is 6.10 Å². The standard InChI is InChI=1S/C13H20N2O4/c1-9(19-2)12(18)15-5-3-13(4-6-15)7-10(16)14-11(17)8-13/h9H,3-8H2,1-2H3,(H,14,16,17)/t9-/m0/s1. The predicted molar refractivity (Wildman–Crippen MR) is 67.1 cm³/mol. The first-order valence-electron chi connectivity index (χ1n) is 6.60. The lowest BCUT2D eigenvalue weighted by atomic mass is 9.71. The van der Waals surface area contributed by atoms with E-state index in [1.54, 1.807) is 11.8 Å². The number of nitrogens with zero attached hydrogens (tertiary/aromatic N) is 1. The zero-order chi connectivity index (χ0) is 14.0. The van der Waals surface area contributed by atoms with Crippen LogP contribution in [0.25, 0.3) is 0 Å². The van der Waals surface area contributed by atoms with E-state index in [2.05, 4.69) is 5.32 Å². The number of hydrogen-bond acceptors (Lipinski definition) is 4. The second-order valence-corrected chi connectivity index (χ2v) is 5.53. The van der Waals surface area contributed by atoms with Gasteiger partial charge in [0.25, 0.3) is 5.91 Å². The average molecular weight is 268 g/mol. The normalized spacial score (nSPS) is 24.2. The summed E-state index contributed by atoms with van der Waals surface area (Å²) < 4.78 is 5.03. The Bertz CT molecular complexity index is 381. The third-order valence-electron chi connectivity index (χ3n) is 4.19. The van der Waals surface area contributed by atoms with Gasteiger partial charge in [0.2, 0.25) is 11.8 Å². The molecule has 0 bridgehead atoms. The molecule has 6 heteroatoms. The number of ether oxygens (including phenoxy) is 1. The molecule has 2 rings (SSSR count). The first kappa shape index (κ1) is 14.0. The van der Waals surface area contributed by atoms with Crippen LogP contribution in [-0.4, -0.2) is 48.9 Å². The quantitative estimate of drug-likeness (QED) is 0.719. The Morgan fingerprint density at radius 2 is 1.79 bits per heavy atom. The van der Waals surface area contributed by atoms with Crippen molar-refractivity contribution in [1.82, 2.24) is 10.2 Å². The molecule has 0 aromatic rings. The van der Waals surface area contributed by atoms with Crippen molar-refractivity contribution < 1.29 is 19.1 Å². The van der Waals surface area contributed by atoms with Crippen molar-refractivity contribution >= 4 is 17.7 Å². The lowest BCUT2D eigenvalue weighted by Crippen LogP contribution is -2.52. The van der Waals surface area contributed by atoms with E-state index in [-0.39, 0.29) is 23.1 Å². The number of nitrogens with one attached hydrogen (secondary N) is 1. The van der Waals surface area contributed by atoms with Gasteiger partial charge in [-0.2, -0.15) is 0 Å². The summed E-state index contributed by atoms with van der Waals surface area (Å²) >= 11 is 0. The zero-order valence-electron chi connectivity index (χ0n) is 11.4. The highest BCUT2D eigenvalue weighted by Crippen LogP contribution is 2.40. The van der Waals surface area contributed by atoms with Crippen molar-refractivity contribution in [2.24, 2.45) is 5.41 Å². The number of piperidine rings is 2. The number of hydrogen-bond donors (Lipinski definition) is 1. The van der Waals surface area contributed by atoms with E-state index in [1.165, 1.54) is 7.11 Å². The number of rotatable bonds is 2. The van der Waals surface area contributed by atoms with E-state index in [0.29, 0.717) is 38.8 Å². The maximum absolute atomic E-state index is 12.0. The largest absolute Gasteiger partial charge is 0.372 e. The van der Waals surface area contributed by atoms with Crippen LogP contribution >= 0.6 is 0 Å². The molecule has 2 saturated heterocycles. The van der Waals surface area contributed by atoms with Gasteiger partial charge < -0.3 is 9.64 Å². The molecule has 0 aromatic carbocycles. The lowest BCUT2D eigenvalue weighted by Gasteiger charge is -2.43. The molecule has 2 aliphatic rings. The molecule has 19 heavy (non-hydrogen) atoms. The molecule has 0 radical (unpaired) electrons. The van der Waals surface area contributed by atoms with Crippen LogP contribution in [0.5, 0.6) is 0 Å². The van der Waals surface area contributed by atoms with Gasteiger partial charge in [-0.25, -0.2) is 0 Å². The molecule has 1 spiro atoms. The van der Waals surface area contributed by atoms with Gasteiger partial charge in [0, 0.05) is 33.0 Å². The van der Waals surface area contributed by atoms with Gasteiger partial charge in [-0.1, -0.05) is 0 Å². The highest BCUT2D eigenvalue weighted by molar-refractivity contribution is 5.98. The minimum absolute atomic E-state index is 0.0241. The van der Waals surface area contributed by atoms with Crippen molar-refractivity contribution in [3.05, 3.63) is 0 Å². The minimum atomic E-state index is -0.440. The van der Waals surface area contributed by atoms with E-state index in [4.69, 9.17) is 4.74 Å². The predicted octanol–water partition coefficient (Wildman–Crippen LogP) is 0.0667. The second kappa shape index (κ2) is 5.28. The lowest BCUT2D eigenvalue weighted by molar-refractivity contribution is -0.145. The smallest absolute Gasteiger partial charge is 0.251 e. The fourth-order valence-corrected chi connectivity index (χ4v) is 2.90. The molecule has 2 fully saturated rings. The number of amides is 3. The van der Waals surface area contributed by atoms with Gasteiger partial charge in [0.05, 0.1) is 0 Å². The number of carbonyl (C=O) groups is 3. The molecule has 6 nitrogen and oxygen atoms in total. The number of likely N-dealkylation sites (tertiary alicyclic amines) is 1. The van der Waals surface area contributed by atoms with E-state index >= 15 is 0 Å². The molecule has 2 aliphatic heterocycles. The van der Waals surface area contributed by atoms with Gasteiger partial charge in [0.15, 0.2) is 0 Å². The average Bonchev–Trinajstić information content (AvgIpc) is 2.36. The third-order valence-corrected chi connectivity index (χ3v) is 4.19. The van der Waals surface area contributed by atoms with Crippen molar-refractivity contribution in [3.8, 4) is 0 Å². The van der Waals surface area contributed by atoms with Gasteiger partial charge in [-0.3, -0.25) is 19.7 Å². The molecule has 0 aromatic heterocycles. The van der Waals surface area contributed by atoms with E-state index in [1.807, 2.05) is 0 Å². The summed E-state index contributed by atoms with van der Waals surface area (Å²) in [4.78, 5) is 36.7. The Morgan fingerprint density at radius 3 is 2.26 bits per heavy atom. The summed E-state index contributed by atoms with van der Waals surface area (Å²) in [6, 6.07) is 0. The molecule has 0 saturated carbocycles. The number of methoxy groups -OCH3 is 1. The maximum atomic E-state index is 12.0. The Hall–Kier alpha value is -1.43. The van der Waals surface area contributed by atoms with Crippen molar-refractivity contribution in [1.29, 1.82) is 0 Å². The SMILES string of the molecule is CO[C@@H](C)C(=O)N1CCC2(CC1)CC(=O)NC(=O)C2.